The number of carbonyl (C=O) groups excluding carboxylic acids is 1. The van der Waals surface area contributed by atoms with Crippen molar-refractivity contribution in [3.05, 3.63) is 65.7 Å². The molecular weight excluding hydrogens is 366 g/mol. The fourth-order valence-corrected chi connectivity index (χ4v) is 3.20. The molecule has 3 heterocycles. The Balaban J connectivity index is 1.36. The van der Waals surface area contributed by atoms with Gasteiger partial charge in [0.1, 0.15) is 0 Å². The summed E-state index contributed by atoms with van der Waals surface area (Å²) in [5.74, 6) is 1.11. The average Bonchev–Trinajstić information content (AvgIpc) is 2.77. The van der Waals surface area contributed by atoms with E-state index in [4.69, 9.17) is 0 Å². The molecule has 29 heavy (non-hydrogen) atoms. The number of carbonyl (C=O) groups is 1. The number of anilines is 3. The van der Waals surface area contributed by atoms with Crippen LogP contribution in [0.25, 0.3) is 0 Å². The summed E-state index contributed by atoms with van der Waals surface area (Å²) in [7, 11) is 0. The van der Waals surface area contributed by atoms with Crippen LogP contribution in [-0.4, -0.2) is 56.9 Å². The lowest BCUT2D eigenvalue weighted by atomic mass is 10.1. The Morgan fingerprint density at radius 3 is 2.28 bits per heavy atom. The van der Waals surface area contributed by atoms with E-state index < -0.39 is 0 Å². The normalized spacial score (nSPS) is 14.0. The van der Waals surface area contributed by atoms with Crippen molar-refractivity contribution in [2.75, 3.05) is 36.4 Å². The molecule has 8 heteroatoms. The summed E-state index contributed by atoms with van der Waals surface area (Å²) in [6.07, 6.45) is 6.60. The molecule has 1 fully saturated rings. The molecule has 0 aliphatic carbocycles. The van der Waals surface area contributed by atoms with Gasteiger partial charge < -0.3 is 15.1 Å². The molecule has 0 unspecified atom stereocenters. The second-order valence-corrected chi connectivity index (χ2v) is 7.05. The van der Waals surface area contributed by atoms with Crippen molar-refractivity contribution in [3.63, 3.8) is 0 Å². The number of benzene rings is 1. The molecule has 2 aromatic heterocycles. The summed E-state index contributed by atoms with van der Waals surface area (Å²) in [4.78, 5) is 33.8. The molecule has 1 saturated heterocycles. The van der Waals surface area contributed by atoms with Crippen LogP contribution in [-0.2, 0) is 0 Å². The van der Waals surface area contributed by atoms with Gasteiger partial charge in [0.15, 0.2) is 0 Å². The first-order valence-corrected chi connectivity index (χ1v) is 9.58. The van der Waals surface area contributed by atoms with Gasteiger partial charge in [-0.15, -0.1) is 0 Å². The van der Waals surface area contributed by atoms with E-state index in [0.717, 1.165) is 5.69 Å². The standard InChI is InChI=1S/C21H23N7O/c1-15-4-5-18(12-16(15)2)26-20-24-13-17(14-25-20)19(29)27-8-10-28(11-9-27)21-22-6-3-7-23-21/h3-7,12-14H,8-11H2,1-2H3,(H,24,25,26). The molecule has 0 bridgehead atoms. The van der Waals surface area contributed by atoms with Crippen LogP contribution in [0.15, 0.2) is 49.1 Å². The molecule has 0 atom stereocenters. The van der Waals surface area contributed by atoms with Crippen LogP contribution >= 0.6 is 0 Å². The molecule has 1 aromatic carbocycles. The van der Waals surface area contributed by atoms with Crippen molar-refractivity contribution in [1.29, 1.82) is 0 Å². The maximum Gasteiger partial charge on any atom is 0.257 e. The van der Waals surface area contributed by atoms with Crippen molar-refractivity contribution < 1.29 is 4.79 Å². The van der Waals surface area contributed by atoms with E-state index in [9.17, 15) is 4.79 Å². The minimum Gasteiger partial charge on any atom is -0.337 e. The van der Waals surface area contributed by atoms with Gasteiger partial charge in [0.25, 0.3) is 5.91 Å². The van der Waals surface area contributed by atoms with E-state index in [1.807, 2.05) is 17.0 Å². The summed E-state index contributed by atoms with van der Waals surface area (Å²) in [5, 5.41) is 3.17. The molecular formula is C21H23N7O. The zero-order valence-electron chi connectivity index (χ0n) is 16.5. The largest absolute Gasteiger partial charge is 0.337 e. The zero-order valence-corrected chi connectivity index (χ0v) is 16.5. The van der Waals surface area contributed by atoms with Crippen LogP contribution in [0.2, 0.25) is 0 Å². The third-order valence-electron chi connectivity index (χ3n) is 5.06. The van der Waals surface area contributed by atoms with E-state index in [1.165, 1.54) is 11.1 Å². The Labute approximate surface area is 169 Å². The molecule has 148 valence electrons. The van der Waals surface area contributed by atoms with E-state index in [1.54, 1.807) is 30.9 Å². The van der Waals surface area contributed by atoms with Crippen molar-refractivity contribution in [1.82, 2.24) is 24.8 Å². The Morgan fingerprint density at radius 1 is 0.931 bits per heavy atom. The molecule has 0 saturated carbocycles. The van der Waals surface area contributed by atoms with Gasteiger partial charge in [-0.1, -0.05) is 6.07 Å². The molecule has 8 nitrogen and oxygen atoms in total. The van der Waals surface area contributed by atoms with Crippen molar-refractivity contribution in [2.24, 2.45) is 0 Å². The van der Waals surface area contributed by atoms with Gasteiger partial charge in [-0.05, 0) is 43.2 Å². The molecule has 0 spiro atoms. The topological polar surface area (TPSA) is 87.1 Å². The SMILES string of the molecule is Cc1ccc(Nc2ncc(C(=O)N3CCN(c4ncccn4)CC3)cn2)cc1C. The first kappa shape index (κ1) is 18.8. The second kappa shape index (κ2) is 8.22. The number of hydrogen-bond donors (Lipinski definition) is 1. The predicted molar refractivity (Wildman–Crippen MR) is 111 cm³/mol. The fourth-order valence-electron chi connectivity index (χ4n) is 3.20. The summed E-state index contributed by atoms with van der Waals surface area (Å²) in [6, 6.07) is 7.88. The maximum atomic E-state index is 12.8. The fraction of sp³-hybridized carbons (Fsp3) is 0.286. The van der Waals surface area contributed by atoms with Gasteiger partial charge in [-0.2, -0.15) is 0 Å². The summed E-state index contributed by atoms with van der Waals surface area (Å²) >= 11 is 0. The quantitative estimate of drug-likeness (QED) is 0.734. The van der Waals surface area contributed by atoms with Gasteiger partial charge in [0, 0.05) is 56.7 Å². The minimum atomic E-state index is -0.0589. The number of nitrogens with zero attached hydrogens (tertiary/aromatic N) is 6. The van der Waals surface area contributed by atoms with Crippen molar-refractivity contribution in [2.45, 2.75) is 13.8 Å². The van der Waals surface area contributed by atoms with Crippen LogP contribution in [0.4, 0.5) is 17.6 Å². The molecule has 1 amide bonds. The van der Waals surface area contributed by atoms with Gasteiger partial charge in [-0.25, -0.2) is 19.9 Å². The number of piperazine rings is 1. The Bertz CT molecular complexity index is 984. The molecule has 3 aromatic rings. The van der Waals surface area contributed by atoms with Crippen LogP contribution in [0.1, 0.15) is 21.5 Å². The predicted octanol–water partition coefficient (Wildman–Crippen LogP) is 2.59. The number of hydrogen-bond acceptors (Lipinski definition) is 7. The Hall–Kier alpha value is -3.55. The Kier molecular flexibility index (Phi) is 5.33. The highest BCUT2D eigenvalue weighted by Gasteiger charge is 2.23. The monoisotopic (exact) mass is 389 g/mol. The third-order valence-corrected chi connectivity index (χ3v) is 5.06. The number of aryl methyl sites for hydroxylation is 2. The lowest BCUT2D eigenvalue weighted by Crippen LogP contribution is -2.49. The van der Waals surface area contributed by atoms with E-state index in [-0.39, 0.29) is 5.91 Å². The molecule has 0 radical (unpaired) electrons. The van der Waals surface area contributed by atoms with Gasteiger partial charge in [-0.3, -0.25) is 4.79 Å². The lowest BCUT2D eigenvalue weighted by Gasteiger charge is -2.34. The first-order chi connectivity index (χ1) is 14.1. The highest BCUT2D eigenvalue weighted by Crippen LogP contribution is 2.18. The van der Waals surface area contributed by atoms with Gasteiger partial charge in [0.2, 0.25) is 11.9 Å². The van der Waals surface area contributed by atoms with Crippen molar-refractivity contribution in [3.8, 4) is 0 Å². The first-order valence-electron chi connectivity index (χ1n) is 9.58. The van der Waals surface area contributed by atoms with E-state index >= 15 is 0 Å². The van der Waals surface area contributed by atoms with E-state index in [0.29, 0.717) is 43.6 Å². The summed E-state index contributed by atoms with van der Waals surface area (Å²) in [5.41, 5.74) is 3.84. The van der Waals surface area contributed by atoms with E-state index in [2.05, 4.69) is 50.1 Å². The number of nitrogens with one attached hydrogen (secondary N) is 1. The number of amides is 1. The highest BCUT2D eigenvalue weighted by molar-refractivity contribution is 5.93. The molecule has 1 aliphatic rings. The van der Waals surface area contributed by atoms with Gasteiger partial charge in [0.05, 0.1) is 5.56 Å². The number of aromatic nitrogens is 4. The Morgan fingerprint density at radius 2 is 1.62 bits per heavy atom. The van der Waals surface area contributed by atoms with Crippen LogP contribution < -0.4 is 10.2 Å². The third kappa shape index (κ3) is 4.31. The number of rotatable bonds is 4. The van der Waals surface area contributed by atoms with Crippen LogP contribution in [0, 0.1) is 13.8 Å². The zero-order chi connectivity index (χ0) is 20.2. The molecule has 4 rings (SSSR count). The van der Waals surface area contributed by atoms with Crippen LogP contribution in [0.5, 0.6) is 0 Å². The summed E-state index contributed by atoms with van der Waals surface area (Å²) in [6.45, 7) is 6.75. The minimum absolute atomic E-state index is 0.0589. The second-order valence-electron chi connectivity index (χ2n) is 7.05. The summed E-state index contributed by atoms with van der Waals surface area (Å²) < 4.78 is 0. The molecule has 1 N–H and O–H groups in total. The van der Waals surface area contributed by atoms with Gasteiger partial charge >= 0.3 is 0 Å². The smallest absolute Gasteiger partial charge is 0.257 e. The highest BCUT2D eigenvalue weighted by atomic mass is 16.2. The van der Waals surface area contributed by atoms with Crippen LogP contribution in [0.3, 0.4) is 0 Å². The maximum absolute atomic E-state index is 12.8. The average molecular weight is 389 g/mol. The lowest BCUT2D eigenvalue weighted by molar-refractivity contribution is 0.0745. The van der Waals surface area contributed by atoms with Crippen molar-refractivity contribution >= 4 is 23.5 Å². The molecule has 1 aliphatic heterocycles.